The van der Waals surface area contributed by atoms with Crippen molar-refractivity contribution in [2.75, 3.05) is 13.1 Å². The summed E-state index contributed by atoms with van der Waals surface area (Å²) in [6.07, 6.45) is 2.52. The van der Waals surface area contributed by atoms with E-state index in [9.17, 15) is 9.18 Å². The lowest BCUT2D eigenvalue weighted by molar-refractivity contribution is 0.0787. The second-order valence-electron chi connectivity index (χ2n) is 6.90. The number of hydrogen-bond donors (Lipinski definition) is 0. The van der Waals surface area contributed by atoms with E-state index in [1.807, 2.05) is 13.8 Å². The van der Waals surface area contributed by atoms with Crippen LogP contribution in [0.3, 0.4) is 0 Å². The lowest BCUT2D eigenvalue weighted by atomic mass is 10.2. The molecule has 1 fully saturated rings. The van der Waals surface area contributed by atoms with Crippen LogP contribution in [0, 0.1) is 5.82 Å². The molecule has 4 rings (SSSR count). The molecule has 140 valence electrons. The zero-order valence-electron chi connectivity index (χ0n) is 15.0. The van der Waals surface area contributed by atoms with Crippen molar-refractivity contribution in [2.45, 2.75) is 32.2 Å². The third-order valence-corrected chi connectivity index (χ3v) is 4.60. The van der Waals surface area contributed by atoms with Gasteiger partial charge in [-0.25, -0.2) is 9.07 Å². The van der Waals surface area contributed by atoms with E-state index in [0.717, 1.165) is 6.42 Å². The van der Waals surface area contributed by atoms with E-state index >= 15 is 0 Å². The maximum Gasteiger partial charge on any atom is 0.280 e. The Labute approximate surface area is 155 Å². The SMILES string of the molecule is CC(C)c1noc(-c2cn([C@@H]3CCN(C(=O)c4ccc(F)cc4)C3)nn2)n1. The van der Waals surface area contributed by atoms with Gasteiger partial charge < -0.3 is 9.42 Å². The molecule has 0 bridgehead atoms. The molecule has 1 aliphatic rings. The highest BCUT2D eigenvalue weighted by Gasteiger charge is 2.29. The molecule has 27 heavy (non-hydrogen) atoms. The molecule has 9 heteroatoms. The van der Waals surface area contributed by atoms with E-state index in [0.29, 0.717) is 36.1 Å². The van der Waals surface area contributed by atoms with Crippen LogP contribution in [0.5, 0.6) is 0 Å². The second-order valence-corrected chi connectivity index (χ2v) is 6.90. The Kier molecular flexibility index (Phi) is 4.43. The number of benzene rings is 1. The maximum atomic E-state index is 13.0. The number of rotatable bonds is 4. The first kappa shape index (κ1) is 17.3. The number of carbonyl (C=O) groups excluding carboxylic acids is 1. The zero-order chi connectivity index (χ0) is 19.0. The van der Waals surface area contributed by atoms with Gasteiger partial charge in [0.05, 0.1) is 12.2 Å². The molecule has 1 aromatic carbocycles. The topological polar surface area (TPSA) is 89.9 Å². The van der Waals surface area contributed by atoms with Crippen molar-refractivity contribution in [3.63, 3.8) is 0 Å². The Morgan fingerprint density at radius 3 is 2.78 bits per heavy atom. The van der Waals surface area contributed by atoms with Crippen LogP contribution in [0.2, 0.25) is 0 Å². The summed E-state index contributed by atoms with van der Waals surface area (Å²) in [6.45, 7) is 5.08. The number of carbonyl (C=O) groups is 1. The standard InChI is InChI=1S/C18H19FN6O2/c1-11(2)16-20-17(27-22-16)15-10-25(23-21-15)14-7-8-24(9-14)18(26)12-3-5-13(19)6-4-12/h3-6,10-11,14H,7-9H2,1-2H3/t14-/m1/s1. The highest BCUT2D eigenvalue weighted by atomic mass is 19.1. The first-order valence-corrected chi connectivity index (χ1v) is 8.82. The minimum Gasteiger partial charge on any atom is -0.336 e. The number of nitrogens with zero attached hydrogens (tertiary/aromatic N) is 6. The van der Waals surface area contributed by atoms with E-state index in [1.165, 1.54) is 24.3 Å². The number of aromatic nitrogens is 5. The molecule has 1 amide bonds. The molecule has 0 N–H and O–H groups in total. The molecule has 1 aliphatic heterocycles. The fraction of sp³-hybridized carbons (Fsp3) is 0.389. The van der Waals surface area contributed by atoms with Crippen molar-refractivity contribution >= 4 is 5.91 Å². The number of halogens is 1. The van der Waals surface area contributed by atoms with Crippen molar-refractivity contribution < 1.29 is 13.7 Å². The first-order valence-electron chi connectivity index (χ1n) is 8.82. The van der Waals surface area contributed by atoms with Gasteiger partial charge in [0.25, 0.3) is 11.8 Å². The van der Waals surface area contributed by atoms with Crippen LogP contribution >= 0.6 is 0 Å². The first-order chi connectivity index (χ1) is 13.0. The average Bonchev–Trinajstić information content (AvgIpc) is 3.40. The van der Waals surface area contributed by atoms with Gasteiger partial charge in [0.15, 0.2) is 11.5 Å². The molecule has 1 atom stereocenters. The minimum absolute atomic E-state index is 0.0168. The Hall–Kier alpha value is -3.10. The van der Waals surface area contributed by atoms with Gasteiger partial charge in [0.2, 0.25) is 0 Å². The number of likely N-dealkylation sites (tertiary alicyclic amines) is 1. The summed E-state index contributed by atoms with van der Waals surface area (Å²) in [5.74, 6) is 0.649. The van der Waals surface area contributed by atoms with E-state index in [4.69, 9.17) is 4.52 Å². The third kappa shape index (κ3) is 3.44. The Balaban J connectivity index is 1.45. The quantitative estimate of drug-likeness (QED) is 0.701. The Morgan fingerprint density at radius 1 is 1.30 bits per heavy atom. The van der Waals surface area contributed by atoms with Gasteiger partial charge in [-0.3, -0.25) is 4.79 Å². The summed E-state index contributed by atoms with van der Waals surface area (Å²) in [6, 6.07) is 5.60. The molecule has 0 aliphatic carbocycles. The molecule has 3 heterocycles. The Bertz CT molecular complexity index is 949. The molecule has 0 spiro atoms. The molecule has 1 saturated heterocycles. The van der Waals surface area contributed by atoms with Crippen LogP contribution in [0.15, 0.2) is 35.0 Å². The van der Waals surface area contributed by atoms with Gasteiger partial charge in [-0.1, -0.05) is 24.2 Å². The fourth-order valence-electron chi connectivity index (χ4n) is 3.04. The van der Waals surface area contributed by atoms with E-state index < -0.39 is 0 Å². The lowest BCUT2D eigenvalue weighted by Crippen LogP contribution is -2.29. The Morgan fingerprint density at radius 2 is 2.07 bits per heavy atom. The van der Waals surface area contributed by atoms with Crippen LogP contribution in [-0.2, 0) is 0 Å². The van der Waals surface area contributed by atoms with Gasteiger partial charge in [-0.15, -0.1) is 5.10 Å². The molecule has 3 aromatic rings. The van der Waals surface area contributed by atoms with Crippen molar-refractivity contribution in [1.82, 2.24) is 30.0 Å². The van der Waals surface area contributed by atoms with Crippen LogP contribution in [0.1, 0.15) is 48.4 Å². The predicted octanol–water partition coefficient (Wildman–Crippen LogP) is 2.68. The summed E-state index contributed by atoms with van der Waals surface area (Å²) in [5.41, 5.74) is 0.987. The highest BCUT2D eigenvalue weighted by Crippen LogP contribution is 2.25. The van der Waals surface area contributed by atoms with Gasteiger partial charge in [-0.2, -0.15) is 4.98 Å². The van der Waals surface area contributed by atoms with Crippen LogP contribution in [0.25, 0.3) is 11.6 Å². The molecule has 0 saturated carbocycles. The highest BCUT2D eigenvalue weighted by molar-refractivity contribution is 5.94. The summed E-state index contributed by atoms with van der Waals surface area (Å²) in [4.78, 5) is 18.6. The van der Waals surface area contributed by atoms with Gasteiger partial charge >= 0.3 is 0 Å². The smallest absolute Gasteiger partial charge is 0.280 e. The normalized spacial score (nSPS) is 17.0. The largest absolute Gasteiger partial charge is 0.336 e. The van der Waals surface area contributed by atoms with Crippen LogP contribution < -0.4 is 0 Å². The van der Waals surface area contributed by atoms with E-state index in [2.05, 4.69) is 20.5 Å². The van der Waals surface area contributed by atoms with Crippen molar-refractivity contribution in [1.29, 1.82) is 0 Å². The van der Waals surface area contributed by atoms with Crippen LogP contribution in [-0.4, -0.2) is 49.0 Å². The van der Waals surface area contributed by atoms with Crippen molar-refractivity contribution in [3.05, 3.63) is 47.7 Å². The fourth-order valence-corrected chi connectivity index (χ4v) is 3.04. The summed E-state index contributed by atoms with van der Waals surface area (Å²) < 4.78 is 20.0. The summed E-state index contributed by atoms with van der Waals surface area (Å²) >= 11 is 0. The monoisotopic (exact) mass is 370 g/mol. The zero-order valence-corrected chi connectivity index (χ0v) is 15.0. The molecular weight excluding hydrogens is 351 g/mol. The number of amides is 1. The lowest BCUT2D eigenvalue weighted by Gasteiger charge is -2.16. The maximum absolute atomic E-state index is 13.0. The third-order valence-electron chi connectivity index (χ3n) is 4.60. The number of hydrogen-bond acceptors (Lipinski definition) is 6. The van der Waals surface area contributed by atoms with E-state index in [-0.39, 0.29) is 23.7 Å². The summed E-state index contributed by atoms with van der Waals surface area (Å²) in [5, 5.41) is 12.2. The molecule has 0 unspecified atom stereocenters. The summed E-state index contributed by atoms with van der Waals surface area (Å²) in [7, 11) is 0. The second kappa shape index (κ2) is 6.90. The molecule has 2 aromatic heterocycles. The van der Waals surface area contributed by atoms with Crippen molar-refractivity contribution in [3.8, 4) is 11.6 Å². The molecule has 8 nitrogen and oxygen atoms in total. The molecule has 0 radical (unpaired) electrons. The molecular formula is C18H19FN6O2. The van der Waals surface area contributed by atoms with E-state index in [1.54, 1.807) is 15.8 Å². The van der Waals surface area contributed by atoms with Gasteiger partial charge in [-0.05, 0) is 30.7 Å². The van der Waals surface area contributed by atoms with Gasteiger partial charge in [0.1, 0.15) is 5.82 Å². The van der Waals surface area contributed by atoms with Crippen molar-refractivity contribution in [2.24, 2.45) is 0 Å². The van der Waals surface area contributed by atoms with Gasteiger partial charge in [0, 0.05) is 24.6 Å². The predicted molar refractivity (Wildman–Crippen MR) is 93.4 cm³/mol. The van der Waals surface area contributed by atoms with Crippen LogP contribution in [0.4, 0.5) is 4.39 Å². The average molecular weight is 370 g/mol. The minimum atomic E-state index is -0.359.